The second-order valence-corrected chi connectivity index (χ2v) is 3.02. The van der Waals surface area contributed by atoms with E-state index in [9.17, 15) is 0 Å². The van der Waals surface area contributed by atoms with Crippen LogP contribution in [0, 0.1) is 19.9 Å². The number of hydrogen-bond donors (Lipinski definition) is 0. The highest BCUT2D eigenvalue weighted by atomic mass is 14.1. The minimum absolute atomic E-state index is 0.866. The molecule has 0 aromatic heterocycles. The molecule has 0 heterocycles. The number of benzene rings is 1. The lowest BCUT2D eigenvalue weighted by molar-refractivity contribution is 1.35. The van der Waals surface area contributed by atoms with Gasteiger partial charge in [0.1, 0.15) is 0 Å². The fraction of sp³-hybridized carbons (Fsp3) is 0.0833. The first-order chi connectivity index (χ1) is 5.79. The van der Waals surface area contributed by atoms with Crippen molar-refractivity contribution < 1.29 is 0 Å². The zero-order valence-corrected chi connectivity index (χ0v) is 7.04. The highest BCUT2D eigenvalue weighted by Crippen LogP contribution is 2.27. The number of allylic oxidation sites excluding steroid dienone is 3. The van der Waals surface area contributed by atoms with Crippen molar-refractivity contribution in [2.45, 2.75) is 6.92 Å². The minimum atomic E-state index is 0.866. The molecule has 0 unspecified atom stereocenters. The molecule has 0 atom stereocenters. The summed E-state index contributed by atoms with van der Waals surface area (Å²) in [6, 6.07) is 6.22. The average molecular weight is 154 g/mol. The van der Waals surface area contributed by atoms with E-state index in [4.69, 9.17) is 6.58 Å². The summed E-state index contributed by atoms with van der Waals surface area (Å²) in [4.78, 5) is 0. The lowest BCUT2D eigenvalue weighted by Crippen LogP contribution is -1.96. The summed E-state index contributed by atoms with van der Waals surface area (Å²) in [7, 11) is 0. The maximum atomic E-state index is 5.86. The summed E-state index contributed by atoms with van der Waals surface area (Å²) < 4.78 is 0. The molecule has 1 aliphatic rings. The van der Waals surface area contributed by atoms with Gasteiger partial charge in [0.15, 0.2) is 0 Å². The third kappa shape index (κ3) is 0.939. The Morgan fingerprint density at radius 2 is 2.17 bits per heavy atom. The summed E-state index contributed by atoms with van der Waals surface area (Å²) in [5.41, 5.74) is 4.51. The molecule has 0 spiro atoms. The lowest BCUT2D eigenvalue weighted by atomic mass is 9.90. The maximum absolute atomic E-state index is 5.86. The van der Waals surface area contributed by atoms with E-state index in [0.29, 0.717) is 0 Å². The number of aryl methyl sites for hydroxylation is 1. The number of fused-ring (bicyclic) bond motifs is 1. The van der Waals surface area contributed by atoms with E-state index in [0.717, 1.165) is 5.57 Å². The quantitative estimate of drug-likeness (QED) is 0.504. The zero-order valence-electron chi connectivity index (χ0n) is 7.04. The average Bonchev–Trinajstić information content (AvgIpc) is 2.04. The molecule has 0 fully saturated rings. The van der Waals surface area contributed by atoms with Gasteiger partial charge in [0, 0.05) is 5.57 Å². The van der Waals surface area contributed by atoms with Crippen molar-refractivity contribution in [1.82, 2.24) is 0 Å². The minimum Gasteiger partial charge on any atom is -0.144 e. The Kier molecular flexibility index (Phi) is 1.49. The van der Waals surface area contributed by atoms with Crippen LogP contribution in [-0.4, -0.2) is 0 Å². The summed E-state index contributed by atoms with van der Waals surface area (Å²) in [5.74, 6) is 0. The Balaban J connectivity index is 2.66. The van der Waals surface area contributed by atoms with Crippen LogP contribution in [0.25, 0.3) is 5.57 Å². The lowest BCUT2D eigenvalue weighted by Gasteiger charge is -2.20. The van der Waals surface area contributed by atoms with E-state index >= 15 is 0 Å². The summed E-state index contributed by atoms with van der Waals surface area (Å²) in [6.07, 6.45) is 6.01. The zero-order chi connectivity index (χ0) is 8.55. The third-order valence-corrected chi connectivity index (χ3v) is 2.15. The highest BCUT2D eigenvalue weighted by molar-refractivity contribution is 5.79. The molecule has 2 rings (SSSR count). The fourth-order valence-corrected chi connectivity index (χ4v) is 1.56. The van der Waals surface area contributed by atoms with Crippen LogP contribution in [0.4, 0.5) is 0 Å². The van der Waals surface area contributed by atoms with E-state index in [1.165, 1.54) is 16.7 Å². The molecule has 0 heteroatoms. The van der Waals surface area contributed by atoms with Crippen molar-refractivity contribution in [2.24, 2.45) is 0 Å². The van der Waals surface area contributed by atoms with Crippen molar-refractivity contribution in [3.63, 3.8) is 0 Å². The molecule has 0 amide bonds. The van der Waals surface area contributed by atoms with Crippen LogP contribution in [0.2, 0.25) is 0 Å². The molecule has 58 valence electrons. The molecule has 1 aromatic carbocycles. The van der Waals surface area contributed by atoms with Gasteiger partial charge in [-0.25, -0.2) is 0 Å². The number of hydrogen-bond acceptors (Lipinski definition) is 0. The molecule has 1 aliphatic carbocycles. The van der Waals surface area contributed by atoms with E-state index in [1.54, 1.807) is 0 Å². The Hall–Kier alpha value is -1.52. The molecule has 0 saturated heterocycles. The highest BCUT2D eigenvalue weighted by Gasteiger charge is 2.03. The van der Waals surface area contributed by atoms with Gasteiger partial charge in [-0.2, -0.15) is 0 Å². The molecule has 0 bridgehead atoms. The monoisotopic (exact) mass is 154 g/mol. The Morgan fingerprint density at radius 3 is 2.92 bits per heavy atom. The van der Waals surface area contributed by atoms with Crippen molar-refractivity contribution in [3.05, 3.63) is 60.0 Å². The van der Waals surface area contributed by atoms with Crippen LogP contribution in [0.1, 0.15) is 16.7 Å². The molecular formula is C12H10. The van der Waals surface area contributed by atoms with Gasteiger partial charge in [-0.3, -0.25) is 0 Å². The van der Waals surface area contributed by atoms with Gasteiger partial charge in [-0.05, 0) is 13.5 Å². The Bertz CT molecular complexity index is 356. The Labute approximate surface area is 73.2 Å². The normalized spacial score (nSPS) is 13.8. The maximum Gasteiger partial charge on any atom is 0.00152 e. The van der Waals surface area contributed by atoms with E-state index in [-0.39, 0.29) is 0 Å². The van der Waals surface area contributed by atoms with E-state index in [2.05, 4.69) is 31.5 Å². The fourth-order valence-electron chi connectivity index (χ4n) is 1.56. The van der Waals surface area contributed by atoms with Crippen molar-refractivity contribution >= 4 is 5.57 Å². The summed E-state index contributed by atoms with van der Waals surface area (Å²) >= 11 is 0. The second kappa shape index (κ2) is 2.51. The van der Waals surface area contributed by atoms with Crippen LogP contribution in [0.15, 0.2) is 30.4 Å². The summed E-state index contributed by atoms with van der Waals surface area (Å²) in [6.45, 7) is 7.94. The predicted molar refractivity (Wildman–Crippen MR) is 51.4 cm³/mol. The Morgan fingerprint density at radius 1 is 1.33 bits per heavy atom. The van der Waals surface area contributed by atoms with E-state index < -0.39 is 0 Å². The molecule has 0 nitrogen and oxygen atoms in total. The van der Waals surface area contributed by atoms with Gasteiger partial charge in [0.25, 0.3) is 0 Å². The van der Waals surface area contributed by atoms with Crippen molar-refractivity contribution in [3.8, 4) is 0 Å². The van der Waals surface area contributed by atoms with Gasteiger partial charge in [-0.1, -0.05) is 17.2 Å². The molecule has 0 saturated carbocycles. The van der Waals surface area contributed by atoms with Crippen LogP contribution in [0.5, 0.6) is 0 Å². The third-order valence-electron chi connectivity index (χ3n) is 2.15. The number of rotatable bonds is 0. The van der Waals surface area contributed by atoms with E-state index in [1.807, 2.05) is 12.2 Å². The van der Waals surface area contributed by atoms with Gasteiger partial charge in [-0.15, -0.1) is 36.3 Å². The first kappa shape index (κ1) is 7.15. The topological polar surface area (TPSA) is 0 Å². The van der Waals surface area contributed by atoms with Crippen molar-refractivity contribution in [1.29, 1.82) is 0 Å². The van der Waals surface area contributed by atoms with Gasteiger partial charge in [0.05, 0.1) is 0 Å². The van der Waals surface area contributed by atoms with Crippen molar-refractivity contribution in [2.75, 3.05) is 0 Å². The van der Waals surface area contributed by atoms with Crippen LogP contribution < -0.4 is 0 Å². The first-order valence-electron chi connectivity index (χ1n) is 4.03. The second-order valence-electron chi connectivity index (χ2n) is 3.02. The predicted octanol–water partition coefficient (Wildman–Crippen LogP) is 2.93. The molecule has 1 aromatic rings. The molecule has 0 aliphatic heterocycles. The smallest absolute Gasteiger partial charge is 0.00152 e. The van der Waals surface area contributed by atoms with Gasteiger partial charge < -0.3 is 0 Å². The van der Waals surface area contributed by atoms with Crippen LogP contribution in [0.3, 0.4) is 0 Å². The largest absolute Gasteiger partial charge is 0.144 e. The van der Waals surface area contributed by atoms with Gasteiger partial charge in [0.2, 0.25) is 0 Å². The molecule has 0 radical (unpaired) electrons. The first-order valence-corrected chi connectivity index (χ1v) is 4.03. The molecule has 12 heavy (non-hydrogen) atoms. The standard InChI is InChI=1S/C12H10/c1-9-5-3-7-11-8-4-6-10(2)12(9)11/h1,3-8H,2H3. The van der Waals surface area contributed by atoms with Gasteiger partial charge >= 0.3 is 0 Å². The van der Waals surface area contributed by atoms with Crippen LogP contribution in [-0.2, 0) is 0 Å². The summed E-state index contributed by atoms with van der Waals surface area (Å²) in [5, 5.41) is 0. The SMILES string of the molecule is [CH+]=C1C=C[CH-]c2cccc(C)c21. The molecule has 0 N–H and O–H groups in total. The molecular weight excluding hydrogens is 144 g/mol. The van der Waals surface area contributed by atoms with Crippen LogP contribution >= 0.6 is 0 Å².